The number of carbonyl (C=O) groups is 2. The van der Waals surface area contributed by atoms with Crippen LogP contribution in [0, 0.1) is 0 Å². The van der Waals surface area contributed by atoms with E-state index in [9.17, 15) is 9.59 Å². The van der Waals surface area contributed by atoms with E-state index < -0.39 is 18.2 Å². The average molecular weight is 217 g/mol. The van der Waals surface area contributed by atoms with Crippen molar-refractivity contribution in [2.75, 3.05) is 19.8 Å². The molecule has 1 amide bonds. The summed E-state index contributed by atoms with van der Waals surface area (Å²) in [6, 6.07) is 0. The summed E-state index contributed by atoms with van der Waals surface area (Å²) < 4.78 is 9.27. The molecule has 0 radical (unpaired) electrons. The molecule has 0 rings (SSSR count). The van der Waals surface area contributed by atoms with Crippen molar-refractivity contribution in [2.24, 2.45) is 0 Å². The van der Waals surface area contributed by atoms with Crippen molar-refractivity contribution in [2.45, 2.75) is 13.0 Å². The highest BCUT2D eigenvalue weighted by atomic mass is 16.6. The van der Waals surface area contributed by atoms with E-state index in [1.165, 1.54) is 0 Å². The third-order valence-electron chi connectivity index (χ3n) is 1.35. The van der Waals surface area contributed by atoms with Gasteiger partial charge in [0.15, 0.2) is 0 Å². The van der Waals surface area contributed by atoms with Gasteiger partial charge in [-0.05, 0) is 6.92 Å². The standard InChI is InChI=1S/C9H15NO5/c1-3-8(12)14-5-4-10-9(13)15-7(2)6-11/h3,7,11H,1,4-6H2,2H3,(H,10,13). The van der Waals surface area contributed by atoms with Crippen LogP contribution in [0.1, 0.15) is 6.92 Å². The lowest BCUT2D eigenvalue weighted by Crippen LogP contribution is -2.31. The second-order valence-corrected chi connectivity index (χ2v) is 2.70. The molecule has 6 heteroatoms. The Kier molecular flexibility index (Phi) is 7.00. The number of ether oxygens (including phenoxy) is 2. The lowest BCUT2D eigenvalue weighted by atomic mass is 10.4. The molecule has 0 bridgehead atoms. The zero-order valence-corrected chi connectivity index (χ0v) is 8.56. The number of alkyl carbamates (subject to hydrolysis) is 1. The molecule has 0 heterocycles. The fourth-order valence-corrected chi connectivity index (χ4v) is 0.625. The molecule has 0 aromatic heterocycles. The maximum absolute atomic E-state index is 10.9. The molecule has 1 unspecified atom stereocenters. The molecule has 0 aromatic carbocycles. The molecule has 0 saturated heterocycles. The largest absolute Gasteiger partial charge is 0.461 e. The third kappa shape index (κ3) is 7.51. The molecule has 0 aromatic rings. The molecule has 1 atom stereocenters. The van der Waals surface area contributed by atoms with Gasteiger partial charge in [-0.2, -0.15) is 0 Å². The third-order valence-corrected chi connectivity index (χ3v) is 1.35. The predicted molar refractivity (Wildman–Crippen MR) is 52.2 cm³/mol. The minimum Gasteiger partial charge on any atom is -0.461 e. The summed E-state index contributed by atoms with van der Waals surface area (Å²) in [5.41, 5.74) is 0. The van der Waals surface area contributed by atoms with Gasteiger partial charge in [-0.3, -0.25) is 0 Å². The second kappa shape index (κ2) is 7.81. The van der Waals surface area contributed by atoms with E-state index in [0.29, 0.717) is 0 Å². The molecule has 86 valence electrons. The number of carbonyl (C=O) groups excluding carboxylic acids is 2. The van der Waals surface area contributed by atoms with Gasteiger partial charge in [0, 0.05) is 6.08 Å². The summed E-state index contributed by atoms with van der Waals surface area (Å²) >= 11 is 0. The molecule has 6 nitrogen and oxygen atoms in total. The molecule has 0 saturated carbocycles. The zero-order valence-electron chi connectivity index (χ0n) is 8.56. The maximum Gasteiger partial charge on any atom is 0.407 e. The Balaban J connectivity index is 3.47. The summed E-state index contributed by atoms with van der Waals surface area (Å²) in [4.78, 5) is 21.5. The Hall–Kier alpha value is -1.56. The smallest absolute Gasteiger partial charge is 0.407 e. The van der Waals surface area contributed by atoms with Crippen LogP contribution in [-0.2, 0) is 14.3 Å². The quantitative estimate of drug-likeness (QED) is 0.366. The number of hydrogen-bond acceptors (Lipinski definition) is 5. The van der Waals surface area contributed by atoms with Crippen LogP contribution in [0.25, 0.3) is 0 Å². The maximum atomic E-state index is 10.9. The fraction of sp³-hybridized carbons (Fsp3) is 0.556. The van der Waals surface area contributed by atoms with Crippen LogP contribution < -0.4 is 5.32 Å². The summed E-state index contributed by atoms with van der Waals surface area (Å²) in [7, 11) is 0. The van der Waals surface area contributed by atoms with Crippen LogP contribution in [0.4, 0.5) is 4.79 Å². The van der Waals surface area contributed by atoms with Crippen LogP contribution in [0.5, 0.6) is 0 Å². The number of hydrogen-bond donors (Lipinski definition) is 2. The highest BCUT2D eigenvalue weighted by Crippen LogP contribution is 1.88. The Labute approximate surface area is 87.9 Å². The van der Waals surface area contributed by atoms with Crippen LogP contribution >= 0.6 is 0 Å². The van der Waals surface area contributed by atoms with Gasteiger partial charge in [0.1, 0.15) is 12.7 Å². The number of amides is 1. The fourth-order valence-electron chi connectivity index (χ4n) is 0.625. The van der Waals surface area contributed by atoms with Crippen molar-refractivity contribution in [3.63, 3.8) is 0 Å². The highest BCUT2D eigenvalue weighted by Gasteiger charge is 2.06. The van der Waals surface area contributed by atoms with Crippen molar-refractivity contribution in [1.29, 1.82) is 0 Å². The molecular formula is C9H15NO5. The lowest BCUT2D eigenvalue weighted by Gasteiger charge is -2.10. The number of nitrogens with one attached hydrogen (secondary N) is 1. The minimum atomic E-state index is -0.661. The predicted octanol–water partition coefficient (Wildman–Crippen LogP) is -0.177. The monoisotopic (exact) mass is 217 g/mol. The first-order valence-corrected chi connectivity index (χ1v) is 4.44. The lowest BCUT2D eigenvalue weighted by molar-refractivity contribution is -0.137. The average Bonchev–Trinajstić information content (AvgIpc) is 2.23. The molecule has 15 heavy (non-hydrogen) atoms. The number of rotatable bonds is 6. The van der Waals surface area contributed by atoms with Crippen LogP contribution in [0.15, 0.2) is 12.7 Å². The number of aliphatic hydroxyl groups is 1. The van der Waals surface area contributed by atoms with E-state index >= 15 is 0 Å². The molecule has 0 aliphatic heterocycles. The van der Waals surface area contributed by atoms with Gasteiger partial charge in [0.2, 0.25) is 0 Å². The van der Waals surface area contributed by atoms with Gasteiger partial charge in [-0.25, -0.2) is 9.59 Å². The summed E-state index contributed by atoms with van der Waals surface area (Å²) in [6.45, 7) is 4.72. The Morgan fingerprint density at radius 3 is 2.80 bits per heavy atom. The van der Waals surface area contributed by atoms with Gasteiger partial charge < -0.3 is 19.9 Å². The normalized spacial score (nSPS) is 11.3. The van der Waals surface area contributed by atoms with Gasteiger partial charge in [0.05, 0.1) is 13.2 Å². The first kappa shape index (κ1) is 13.4. The van der Waals surface area contributed by atoms with Crippen LogP contribution in [0.2, 0.25) is 0 Å². The van der Waals surface area contributed by atoms with E-state index in [2.05, 4.69) is 21.4 Å². The van der Waals surface area contributed by atoms with Crippen molar-refractivity contribution < 1.29 is 24.2 Å². The minimum absolute atomic E-state index is 0.0491. The van der Waals surface area contributed by atoms with Crippen LogP contribution in [-0.4, -0.2) is 43.0 Å². The van der Waals surface area contributed by atoms with E-state index in [4.69, 9.17) is 5.11 Å². The van der Waals surface area contributed by atoms with Gasteiger partial charge >= 0.3 is 12.1 Å². The molecule has 2 N–H and O–H groups in total. The van der Waals surface area contributed by atoms with Crippen molar-refractivity contribution in [3.05, 3.63) is 12.7 Å². The van der Waals surface area contributed by atoms with Gasteiger partial charge in [-0.1, -0.05) is 6.58 Å². The number of esters is 1. The Morgan fingerprint density at radius 2 is 2.27 bits per heavy atom. The van der Waals surface area contributed by atoms with Gasteiger partial charge in [0.25, 0.3) is 0 Å². The van der Waals surface area contributed by atoms with E-state index in [1.807, 2.05) is 0 Å². The van der Waals surface area contributed by atoms with Crippen molar-refractivity contribution in [1.82, 2.24) is 5.32 Å². The molecule has 0 aliphatic rings. The first-order chi connectivity index (χ1) is 7.10. The molecule has 0 spiro atoms. The Bertz CT molecular complexity index is 229. The van der Waals surface area contributed by atoms with Gasteiger partial charge in [-0.15, -0.1) is 0 Å². The molecule has 0 fully saturated rings. The van der Waals surface area contributed by atoms with E-state index in [-0.39, 0.29) is 19.8 Å². The van der Waals surface area contributed by atoms with Crippen molar-refractivity contribution >= 4 is 12.1 Å². The SMILES string of the molecule is C=CC(=O)OCCNC(=O)OC(C)CO. The van der Waals surface area contributed by atoms with E-state index in [1.54, 1.807) is 6.92 Å². The Morgan fingerprint density at radius 1 is 1.60 bits per heavy atom. The molecule has 0 aliphatic carbocycles. The zero-order chi connectivity index (χ0) is 11.7. The van der Waals surface area contributed by atoms with E-state index in [0.717, 1.165) is 6.08 Å². The summed E-state index contributed by atoms with van der Waals surface area (Å²) in [6.07, 6.45) is -0.182. The molecular weight excluding hydrogens is 202 g/mol. The van der Waals surface area contributed by atoms with Crippen molar-refractivity contribution in [3.8, 4) is 0 Å². The highest BCUT2D eigenvalue weighted by molar-refractivity contribution is 5.81. The first-order valence-electron chi connectivity index (χ1n) is 4.44. The summed E-state index contributed by atoms with van der Waals surface area (Å²) in [5.74, 6) is -0.547. The summed E-state index contributed by atoms with van der Waals surface area (Å²) in [5, 5.41) is 10.9. The second-order valence-electron chi connectivity index (χ2n) is 2.70. The van der Waals surface area contributed by atoms with Crippen LogP contribution in [0.3, 0.4) is 0 Å². The topological polar surface area (TPSA) is 84.9 Å². The number of aliphatic hydroxyl groups excluding tert-OH is 1.